The molecule has 1 saturated carbocycles. The molecule has 4 rings (SSSR count). The number of nitrogens with one attached hydrogen (secondary N) is 2. The third-order valence-corrected chi connectivity index (χ3v) is 7.94. The summed E-state index contributed by atoms with van der Waals surface area (Å²) in [7, 11) is 0. The summed E-state index contributed by atoms with van der Waals surface area (Å²) >= 11 is 0. The van der Waals surface area contributed by atoms with Crippen LogP contribution in [0.3, 0.4) is 0 Å². The van der Waals surface area contributed by atoms with Crippen molar-refractivity contribution in [3.8, 4) is 0 Å². The lowest BCUT2D eigenvalue weighted by Gasteiger charge is -2.37. The van der Waals surface area contributed by atoms with Crippen molar-refractivity contribution in [2.24, 2.45) is 11.8 Å². The van der Waals surface area contributed by atoms with Gasteiger partial charge in [0.25, 0.3) is 0 Å². The Morgan fingerprint density at radius 2 is 1.75 bits per heavy atom. The van der Waals surface area contributed by atoms with Gasteiger partial charge in [-0.25, -0.2) is 4.79 Å². The molecule has 1 saturated heterocycles. The monoisotopic (exact) mass is 497 g/mol. The third-order valence-electron chi connectivity index (χ3n) is 7.94. The van der Waals surface area contributed by atoms with Crippen molar-refractivity contribution in [3.63, 3.8) is 0 Å². The molecule has 1 aromatic carbocycles. The summed E-state index contributed by atoms with van der Waals surface area (Å²) in [6, 6.07) is 7.09. The summed E-state index contributed by atoms with van der Waals surface area (Å²) < 4.78 is 5.45. The van der Waals surface area contributed by atoms with Crippen LogP contribution in [0.5, 0.6) is 0 Å². The minimum Gasteiger partial charge on any atom is -0.444 e. The van der Waals surface area contributed by atoms with Crippen molar-refractivity contribution < 1.29 is 19.1 Å². The van der Waals surface area contributed by atoms with E-state index in [0.717, 1.165) is 44.9 Å². The van der Waals surface area contributed by atoms with Crippen LogP contribution < -0.4 is 10.6 Å². The Labute approximate surface area is 215 Å². The first kappa shape index (κ1) is 26.5. The molecule has 2 fully saturated rings. The van der Waals surface area contributed by atoms with Crippen LogP contribution in [0.4, 0.5) is 4.79 Å². The number of alkyl carbamates (subject to hydrolysis) is 1. The van der Waals surface area contributed by atoms with E-state index in [-0.39, 0.29) is 29.8 Å². The summed E-state index contributed by atoms with van der Waals surface area (Å²) in [6.07, 6.45) is 7.20. The molecular formula is C29H43N3O4. The molecule has 0 spiro atoms. The molecular weight excluding hydrogens is 454 g/mol. The van der Waals surface area contributed by atoms with E-state index in [2.05, 4.69) is 28.8 Å². The molecule has 2 aliphatic carbocycles. The Kier molecular flexibility index (Phi) is 7.96. The highest BCUT2D eigenvalue weighted by atomic mass is 16.6. The Morgan fingerprint density at radius 3 is 2.47 bits per heavy atom. The van der Waals surface area contributed by atoms with Crippen LogP contribution in [0, 0.1) is 11.8 Å². The SMILES string of the molecule is CC(C)[C@H](NC(=O)OC(C)(C)C)C(=O)N1C2CCCCC2C[C@H]1C(=O)N[C@@H]1CCCc2ccccc21. The maximum absolute atomic E-state index is 14.0. The molecule has 7 nitrogen and oxygen atoms in total. The summed E-state index contributed by atoms with van der Waals surface area (Å²) in [5, 5.41) is 6.12. The molecule has 2 unspecified atom stereocenters. The maximum Gasteiger partial charge on any atom is 0.408 e. The highest BCUT2D eigenvalue weighted by molar-refractivity contribution is 5.92. The van der Waals surface area contributed by atoms with E-state index in [4.69, 9.17) is 4.74 Å². The van der Waals surface area contributed by atoms with Gasteiger partial charge in [-0.1, -0.05) is 51.0 Å². The second-order valence-electron chi connectivity index (χ2n) is 12.1. The van der Waals surface area contributed by atoms with Gasteiger partial charge in [0.1, 0.15) is 17.7 Å². The molecule has 1 heterocycles. The van der Waals surface area contributed by atoms with Crippen LogP contribution in [-0.4, -0.2) is 46.5 Å². The first-order valence-corrected chi connectivity index (χ1v) is 13.7. The number of amides is 3. The number of likely N-dealkylation sites (tertiary alicyclic amines) is 1. The zero-order valence-corrected chi connectivity index (χ0v) is 22.5. The molecule has 5 atom stereocenters. The number of hydrogen-bond acceptors (Lipinski definition) is 4. The maximum atomic E-state index is 14.0. The number of benzene rings is 1. The number of rotatable bonds is 5. The summed E-state index contributed by atoms with van der Waals surface area (Å²) in [5.74, 6) is -0.0540. The fourth-order valence-corrected chi connectivity index (χ4v) is 6.29. The molecule has 3 aliphatic rings. The topological polar surface area (TPSA) is 87.7 Å². The van der Waals surface area contributed by atoms with E-state index in [1.807, 2.05) is 24.8 Å². The lowest BCUT2D eigenvalue weighted by atomic mass is 9.84. The van der Waals surface area contributed by atoms with Crippen molar-refractivity contribution in [3.05, 3.63) is 35.4 Å². The molecule has 0 aromatic heterocycles. The molecule has 7 heteroatoms. The van der Waals surface area contributed by atoms with Crippen molar-refractivity contribution in [2.75, 3.05) is 0 Å². The number of ether oxygens (including phenoxy) is 1. The first-order chi connectivity index (χ1) is 17.0. The number of aryl methyl sites for hydroxylation is 1. The number of nitrogens with zero attached hydrogens (tertiary/aromatic N) is 1. The summed E-state index contributed by atoms with van der Waals surface area (Å²) in [5.41, 5.74) is 1.83. The Balaban J connectivity index is 1.55. The Hall–Kier alpha value is -2.57. The van der Waals surface area contributed by atoms with Crippen LogP contribution in [-0.2, 0) is 20.7 Å². The zero-order chi connectivity index (χ0) is 26.0. The van der Waals surface area contributed by atoms with Crippen LogP contribution in [0.2, 0.25) is 0 Å². The highest BCUT2D eigenvalue weighted by Gasteiger charge is 2.49. The molecule has 1 aromatic rings. The standard InChI is InChI=1S/C29H43N3O4/c1-18(2)25(31-28(35)36-29(3,4)5)27(34)32-23-16-9-7-12-20(23)17-24(32)26(33)30-22-15-10-13-19-11-6-8-14-21(19)22/h6,8,11,14,18,20,22-25H,7,9-10,12-13,15-17H2,1-5H3,(H,30,33)(H,31,35)/t20?,22-,23?,24+,25+/m1/s1. The molecule has 0 radical (unpaired) electrons. The van der Waals surface area contributed by atoms with Crippen molar-refractivity contribution in [1.29, 1.82) is 0 Å². The van der Waals surface area contributed by atoms with Gasteiger partial charge in [-0.15, -0.1) is 0 Å². The molecule has 0 bridgehead atoms. The Morgan fingerprint density at radius 1 is 1.03 bits per heavy atom. The van der Waals surface area contributed by atoms with Crippen LogP contribution in [0.25, 0.3) is 0 Å². The predicted molar refractivity (Wildman–Crippen MR) is 139 cm³/mol. The van der Waals surface area contributed by atoms with Crippen LogP contribution in [0.1, 0.15) is 96.7 Å². The zero-order valence-electron chi connectivity index (χ0n) is 22.5. The fraction of sp³-hybridized carbons (Fsp3) is 0.690. The van der Waals surface area contributed by atoms with E-state index < -0.39 is 23.8 Å². The van der Waals surface area contributed by atoms with Gasteiger partial charge in [0.2, 0.25) is 11.8 Å². The van der Waals surface area contributed by atoms with Gasteiger partial charge in [0, 0.05) is 6.04 Å². The minimum atomic E-state index is -0.744. The Bertz CT molecular complexity index is 970. The van der Waals surface area contributed by atoms with Gasteiger partial charge in [-0.05, 0) is 82.3 Å². The van der Waals surface area contributed by atoms with Crippen LogP contribution in [0.15, 0.2) is 24.3 Å². The van der Waals surface area contributed by atoms with E-state index in [1.54, 1.807) is 20.8 Å². The van der Waals surface area contributed by atoms with Crippen molar-refractivity contribution >= 4 is 17.9 Å². The summed E-state index contributed by atoms with van der Waals surface area (Å²) in [4.78, 5) is 42.2. The van der Waals surface area contributed by atoms with Gasteiger partial charge in [-0.2, -0.15) is 0 Å². The van der Waals surface area contributed by atoms with Crippen LogP contribution >= 0.6 is 0 Å². The van der Waals surface area contributed by atoms with Gasteiger partial charge >= 0.3 is 6.09 Å². The second kappa shape index (κ2) is 10.8. The van der Waals surface area contributed by atoms with Gasteiger partial charge in [0.15, 0.2) is 0 Å². The number of hydrogen-bond donors (Lipinski definition) is 2. The van der Waals surface area contributed by atoms with E-state index in [1.165, 1.54) is 11.1 Å². The van der Waals surface area contributed by atoms with Gasteiger partial charge < -0.3 is 20.3 Å². The number of carbonyl (C=O) groups is 3. The highest BCUT2D eigenvalue weighted by Crippen LogP contribution is 2.41. The van der Waals surface area contributed by atoms with E-state index >= 15 is 0 Å². The first-order valence-electron chi connectivity index (χ1n) is 13.7. The lowest BCUT2D eigenvalue weighted by Crippen LogP contribution is -2.58. The minimum absolute atomic E-state index is 0.0252. The average Bonchev–Trinajstić information content (AvgIpc) is 3.21. The fourth-order valence-electron chi connectivity index (χ4n) is 6.29. The largest absolute Gasteiger partial charge is 0.444 e. The normalized spacial score (nSPS) is 26.6. The van der Waals surface area contributed by atoms with Gasteiger partial charge in [0.05, 0.1) is 6.04 Å². The molecule has 2 N–H and O–H groups in total. The second-order valence-corrected chi connectivity index (χ2v) is 12.1. The lowest BCUT2D eigenvalue weighted by molar-refractivity contribution is -0.143. The van der Waals surface area contributed by atoms with Crippen molar-refractivity contribution in [2.45, 2.75) is 116 Å². The van der Waals surface area contributed by atoms with E-state index in [9.17, 15) is 14.4 Å². The summed E-state index contributed by atoms with van der Waals surface area (Å²) in [6.45, 7) is 9.24. The predicted octanol–water partition coefficient (Wildman–Crippen LogP) is 4.89. The van der Waals surface area contributed by atoms with E-state index in [0.29, 0.717) is 12.3 Å². The molecule has 36 heavy (non-hydrogen) atoms. The molecule has 3 amide bonds. The molecule has 198 valence electrons. The quantitative estimate of drug-likeness (QED) is 0.606. The number of fused-ring (bicyclic) bond motifs is 2. The average molecular weight is 498 g/mol. The number of carbonyl (C=O) groups excluding carboxylic acids is 3. The smallest absolute Gasteiger partial charge is 0.408 e. The third kappa shape index (κ3) is 5.87. The molecule has 1 aliphatic heterocycles. The van der Waals surface area contributed by atoms with Crippen molar-refractivity contribution in [1.82, 2.24) is 15.5 Å². The van der Waals surface area contributed by atoms with Gasteiger partial charge in [-0.3, -0.25) is 9.59 Å².